The molecular weight excluding hydrogens is 398 g/mol. The quantitative estimate of drug-likeness (QED) is 0.505. The fourth-order valence-electron chi connectivity index (χ4n) is 4.37. The van der Waals surface area contributed by atoms with Crippen molar-refractivity contribution in [1.29, 1.82) is 0 Å². The van der Waals surface area contributed by atoms with Crippen LogP contribution in [0.5, 0.6) is 11.5 Å². The Bertz CT molecular complexity index is 902. The molecule has 1 fully saturated rings. The fraction of sp³-hybridized carbons (Fsp3) is 0.583. The summed E-state index contributed by atoms with van der Waals surface area (Å²) >= 11 is 0. The normalized spacial score (nSPS) is 20.2. The molecular formula is C24H33NO6. The summed E-state index contributed by atoms with van der Waals surface area (Å²) in [6.45, 7) is 8.73. The molecule has 2 N–H and O–H groups in total. The van der Waals surface area contributed by atoms with E-state index in [1.165, 1.54) is 0 Å². The van der Waals surface area contributed by atoms with Gasteiger partial charge in [0.15, 0.2) is 0 Å². The maximum atomic E-state index is 12.4. The van der Waals surface area contributed by atoms with Gasteiger partial charge in [-0.15, -0.1) is 0 Å². The van der Waals surface area contributed by atoms with Crippen LogP contribution >= 0.6 is 0 Å². The number of amides is 1. The lowest BCUT2D eigenvalue weighted by molar-refractivity contribution is -0.124. The van der Waals surface area contributed by atoms with Gasteiger partial charge >= 0.3 is 5.97 Å². The fourth-order valence-corrected chi connectivity index (χ4v) is 4.37. The van der Waals surface area contributed by atoms with Gasteiger partial charge in [-0.25, -0.2) is 4.79 Å². The number of hydrogen-bond donors (Lipinski definition) is 2. The Morgan fingerprint density at radius 1 is 1.35 bits per heavy atom. The second-order valence-electron chi connectivity index (χ2n) is 9.04. The second kappa shape index (κ2) is 9.30. The van der Waals surface area contributed by atoms with Crippen molar-refractivity contribution in [3.8, 4) is 11.5 Å². The predicted octanol–water partition coefficient (Wildman–Crippen LogP) is 3.72. The van der Waals surface area contributed by atoms with Crippen LogP contribution in [0.3, 0.4) is 0 Å². The molecule has 31 heavy (non-hydrogen) atoms. The highest BCUT2D eigenvalue weighted by atomic mass is 16.5. The number of methoxy groups -OCH3 is 1. The maximum absolute atomic E-state index is 12.4. The Kier molecular flexibility index (Phi) is 6.94. The minimum absolute atomic E-state index is 0.0343. The number of phenols is 1. The third-order valence-electron chi connectivity index (χ3n) is 6.11. The van der Waals surface area contributed by atoms with Crippen molar-refractivity contribution in [2.24, 2.45) is 0 Å². The molecule has 0 radical (unpaired) electrons. The Balaban J connectivity index is 1.62. The number of hydrogen-bond acceptors (Lipinski definition) is 6. The first-order valence-corrected chi connectivity index (χ1v) is 10.8. The SMILES string of the molecule is COc1c(C)c2c(c(O)c1C/C=C(\C)CCC(=O)NC1CCOC(C)(C)C1)C(=O)OC2. The van der Waals surface area contributed by atoms with Crippen molar-refractivity contribution in [2.45, 2.75) is 78.0 Å². The Morgan fingerprint density at radius 2 is 2.10 bits per heavy atom. The minimum Gasteiger partial charge on any atom is -0.507 e. The minimum atomic E-state index is -0.506. The van der Waals surface area contributed by atoms with E-state index in [1.54, 1.807) is 7.11 Å². The summed E-state index contributed by atoms with van der Waals surface area (Å²) in [5.74, 6) is 0.0162. The molecule has 0 aromatic heterocycles. The number of benzene rings is 1. The molecule has 0 spiro atoms. The van der Waals surface area contributed by atoms with E-state index in [9.17, 15) is 14.7 Å². The molecule has 1 aromatic rings. The van der Waals surface area contributed by atoms with Gasteiger partial charge in [0.25, 0.3) is 0 Å². The van der Waals surface area contributed by atoms with Gasteiger partial charge in [0.1, 0.15) is 23.7 Å². The standard InChI is InChI=1S/C24H33NO6/c1-14(7-9-19(26)25-16-10-11-31-24(3,4)12-16)6-8-17-21(27)20-18(13-30-23(20)28)15(2)22(17)29-5/h6,16,27H,7-13H2,1-5H3,(H,25,26)/b14-6+. The van der Waals surface area contributed by atoms with E-state index in [0.717, 1.165) is 24.0 Å². The molecule has 3 rings (SSSR count). The van der Waals surface area contributed by atoms with Crippen molar-refractivity contribution < 1.29 is 28.9 Å². The first-order chi connectivity index (χ1) is 14.6. The van der Waals surface area contributed by atoms with Gasteiger partial charge in [-0.1, -0.05) is 11.6 Å². The summed E-state index contributed by atoms with van der Waals surface area (Å²) in [5.41, 5.74) is 3.11. The van der Waals surface area contributed by atoms with Crippen LogP contribution in [0.4, 0.5) is 0 Å². The third-order valence-corrected chi connectivity index (χ3v) is 6.11. The largest absolute Gasteiger partial charge is 0.507 e. The van der Waals surface area contributed by atoms with Crippen LogP contribution in [0.25, 0.3) is 0 Å². The first-order valence-electron chi connectivity index (χ1n) is 10.8. The Morgan fingerprint density at radius 3 is 2.77 bits per heavy atom. The Hall–Kier alpha value is -2.54. The highest BCUT2D eigenvalue weighted by Crippen LogP contribution is 2.42. The zero-order chi connectivity index (χ0) is 22.8. The zero-order valence-corrected chi connectivity index (χ0v) is 19.1. The van der Waals surface area contributed by atoms with E-state index in [1.807, 2.05) is 33.8 Å². The monoisotopic (exact) mass is 431 g/mol. The first kappa shape index (κ1) is 23.1. The molecule has 0 saturated carbocycles. The van der Waals surface area contributed by atoms with E-state index in [0.29, 0.717) is 42.7 Å². The summed E-state index contributed by atoms with van der Waals surface area (Å²) < 4.78 is 16.3. The van der Waals surface area contributed by atoms with Gasteiger partial charge in [-0.2, -0.15) is 0 Å². The number of aromatic hydroxyl groups is 1. The lowest BCUT2D eigenvalue weighted by atomic mass is 9.93. The van der Waals surface area contributed by atoms with Crippen molar-refractivity contribution in [1.82, 2.24) is 5.32 Å². The summed E-state index contributed by atoms with van der Waals surface area (Å²) in [6, 6.07) is 0.149. The molecule has 1 unspecified atom stereocenters. The van der Waals surface area contributed by atoms with Crippen LogP contribution in [0.1, 0.15) is 73.5 Å². The summed E-state index contributed by atoms with van der Waals surface area (Å²) in [6.07, 6.45) is 5.04. The number of fused-ring (bicyclic) bond motifs is 1. The molecule has 170 valence electrons. The highest BCUT2D eigenvalue weighted by Gasteiger charge is 2.32. The molecule has 1 atom stereocenters. The Labute approximate surface area is 183 Å². The van der Waals surface area contributed by atoms with E-state index in [2.05, 4.69) is 5.32 Å². The smallest absolute Gasteiger partial charge is 0.342 e. The van der Waals surface area contributed by atoms with Gasteiger partial charge < -0.3 is 24.6 Å². The van der Waals surface area contributed by atoms with E-state index >= 15 is 0 Å². The highest BCUT2D eigenvalue weighted by molar-refractivity contribution is 5.98. The number of esters is 1. The van der Waals surface area contributed by atoms with Crippen molar-refractivity contribution >= 4 is 11.9 Å². The molecule has 0 bridgehead atoms. The number of phenolic OH excluding ortho intramolecular Hbond substituents is 1. The van der Waals surface area contributed by atoms with Gasteiger partial charge in [0.05, 0.1) is 12.7 Å². The molecule has 1 saturated heterocycles. The van der Waals surface area contributed by atoms with Gasteiger partial charge in [-0.3, -0.25) is 4.79 Å². The summed E-state index contributed by atoms with van der Waals surface area (Å²) in [7, 11) is 1.55. The van der Waals surface area contributed by atoms with Crippen LogP contribution in [-0.2, 0) is 27.3 Å². The third kappa shape index (κ3) is 5.21. The lowest BCUT2D eigenvalue weighted by Crippen LogP contribution is -2.45. The molecule has 7 heteroatoms. The molecule has 0 aliphatic carbocycles. The topological polar surface area (TPSA) is 94.1 Å². The predicted molar refractivity (Wildman–Crippen MR) is 116 cm³/mol. The maximum Gasteiger partial charge on any atom is 0.342 e. The van der Waals surface area contributed by atoms with Crippen LogP contribution < -0.4 is 10.1 Å². The van der Waals surface area contributed by atoms with Crippen molar-refractivity contribution in [3.05, 3.63) is 33.9 Å². The molecule has 2 heterocycles. The van der Waals surface area contributed by atoms with Gasteiger partial charge in [0.2, 0.25) is 5.91 Å². The molecule has 2 aliphatic rings. The second-order valence-corrected chi connectivity index (χ2v) is 9.04. The number of allylic oxidation sites excluding steroid dienone is 2. The van der Waals surface area contributed by atoms with E-state index in [4.69, 9.17) is 14.2 Å². The zero-order valence-electron chi connectivity index (χ0n) is 19.1. The number of rotatable bonds is 7. The lowest BCUT2D eigenvalue weighted by Gasteiger charge is -2.35. The molecule has 1 amide bonds. The molecule has 1 aromatic carbocycles. The van der Waals surface area contributed by atoms with Crippen LogP contribution in [0, 0.1) is 6.92 Å². The van der Waals surface area contributed by atoms with Crippen LogP contribution in [0.2, 0.25) is 0 Å². The van der Waals surface area contributed by atoms with Gasteiger partial charge in [0, 0.05) is 30.2 Å². The van der Waals surface area contributed by atoms with Gasteiger partial charge in [-0.05, 0) is 58.9 Å². The summed E-state index contributed by atoms with van der Waals surface area (Å²) in [4.78, 5) is 24.4. The molecule has 2 aliphatic heterocycles. The van der Waals surface area contributed by atoms with Crippen LogP contribution in [0.15, 0.2) is 11.6 Å². The average molecular weight is 432 g/mol. The summed E-state index contributed by atoms with van der Waals surface area (Å²) in [5, 5.41) is 13.8. The number of carbonyl (C=O) groups is 2. The van der Waals surface area contributed by atoms with Crippen molar-refractivity contribution in [2.75, 3.05) is 13.7 Å². The number of nitrogens with one attached hydrogen (secondary N) is 1. The van der Waals surface area contributed by atoms with Crippen LogP contribution in [-0.4, -0.2) is 42.3 Å². The van der Waals surface area contributed by atoms with E-state index in [-0.39, 0.29) is 35.5 Å². The number of ether oxygens (including phenoxy) is 3. The number of carbonyl (C=O) groups excluding carboxylic acids is 2. The van der Waals surface area contributed by atoms with E-state index < -0.39 is 5.97 Å². The van der Waals surface area contributed by atoms with Crippen molar-refractivity contribution in [3.63, 3.8) is 0 Å². The number of cyclic esters (lactones) is 1. The molecule has 7 nitrogen and oxygen atoms in total. The average Bonchev–Trinajstić information content (AvgIpc) is 3.09.